The van der Waals surface area contributed by atoms with E-state index < -0.39 is 6.04 Å². The van der Waals surface area contributed by atoms with Crippen LogP contribution >= 0.6 is 11.3 Å². The third-order valence-electron chi connectivity index (χ3n) is 2.42. The minimum atomic E-state index is -0.527. The first-order valence-electron chi connectivity index (χ1n) is 5.48. The molecule has 0 aliphatic heterocycles. The smallest absolute Gasteiger partial charge is 0.242 e. The highest BCUT2D eigenvalue weighted by Crippen LogP contribution is 2.27. The van der Waals surface area contributed by atoms with Crippen molar-refractivity contribution in [1.82, 2.24) is 10.2 Å². The molecular weight excluding hydrogens is 224 g/mol. The van der Waals surface area contributed by atoms with E-state index in [1.54, 1.807) is 6.92 Å². The minimum Gasteiger partial charge on any atom is -0.320 e. The topological polar surface area (TPSA) is 80.9 Å². The van der Waals surface area contributed by atoms with Gasteiger partial charge in [-0.05, 0) is 19.8 Å². The monoisotopic (exact) mass is 242 g/mol. The summed E-state index contributed by atoms with van der Waals surface area (Å²) in [6.07, 6.45) is 2.07. The van der Waals surface area contributed by atoms with E-state index >= 15 is 0 Å². The second-order valence-electron chi connectivity index (χ2n) is 3.74. The molecule has 0 fully saturated rings. The van der Waals surface area contributed by atoms with E-state index in [1.807, 2.05) is 0 Å². The van der Waals surface area contributed by atoms with Crippen molar-refractivity contribution in [1.29, 1.82) is 0 Å². The first-order chi connectivity index (χ1) is 7.58. The van der Waals surface area contributed by atoms with Crippen LogP contribution in [0.25, 0.3) is 0 Å². The molecule has 3 N–H and O–H groups in total. The highest BCUT2D eigenvalue weighted by molar-refractivity contribution is 7.15. The van der Waals surface area contributed by atoms with Crippen LogP contribution in [0.15, 0.2) is 0 Å². The Morgan fingerprint density at radius 3 is 2.56 bits per heavy atom. The van der Waals surface area contributed by atoms with Gasteiger partial charge in [0.15, 0.2) is 0 Å². The number of nitrogens with two attached hydrogens (primary N) is 1. The van der Waals surface area contributed by atoms with Gasteiger partial charge in [0.1, 0.15) is 5.01 Å². The zero-order valence-electron chi connectivity index (χ0n) is 9.86. The number of carbonyl (C=O) groups is 1. The predicted molar refractivity (Wildman–Crippen MR) is 65.5 cm³/mol. The molecule has 0 saturated carbocycles. The zero-order valence-corrected chi connectivity index (χ0v) is 10.7. The number of hydrogen-bond donors (Lipinski definition) is 2. The Kier molecular flexibility index (Phi) is 4.82. The standard InChI is InChI=1S/C10H18N4OS/c1-4-7(5-2)9-13-14-10(16-9)12-8(15)6(3)11/h6-7H,4-5,11H2,1-3H3,(H,12,14,15). The Morgan fingerprint density at radius 2 is 2.06 bits per heavy atom. The molecule has 1 amide bonds. The molecule has 1 atom stereocenters. The van der Waals surface area contributed by atoms with Gasteiger partial charge >= 0.3 is 0 Å². The SMILES string of the molecule is CCC(CC)c1nnc(NC(=O)C(C)N)s1. The lowest BCUT2D eigenvalue weighted by molar-refractivity contribution is -0.117. The van der Waals surface area contributed by atoms with E-state index in [4.69, 9.17) is 5.73 Å². The number of amides is 1. The van der Waals surface area contributed by atoms with Crippen LogP contribution in [0.5, 0.6) is 0 Å². The summed E-state index contributed by atoms with van der Waals surface area (Å²) in [7, 11) is 0. The Balaban J connectivity index is 2.68. The third-order valence-corrected chi connectivity index (χ3v) is 3.42. The minimum absolute atomic E-state index is 0.229. The fourth-order valence-corrected chi connectivity index (χ4v) is 2.32. The van der Waals surface area contributed by atoms with Crippen LogP contribution in [-0.4, -0.2) is 22.1 Å². The summed E-state index contributed by atoms with van der Waals surface area (Å²) in [5.41, 5.74) is 5.45. The number of carbonyl (C=O) groups excluding carboxylic acids is 1. The normalized spacial score (nSPS) is 12.8. The molecule has 1 rings (SSSR count). The Labute approximate surface area is 99.5 Å². The lowest BCUT2D eigenvalue weighted by Crippen LogP contribution is -2.32. The zero-order chi connectivity index (χ0) is 12.1. The second-order valence-corrected chi connectivity index (χ2v) is 4.75. The van der Waals surface area contributed by atoms with E-state index in [2.05, 4.69) is 29.4 Å². The molecule has 0 aliphatic carbocycles. The maximum absolute atomic E-state index is 11.3. The molecule has 5 nitrogen and oxygen atoms in total. The van der Waals surface area contributed by atoms with Gasteiger partial charge in [-0.25, -0.2) is 0 Å². The number of rotatable bonds is 5. The van der Waals surface area contributed by atoms with Crippen molar-refractivity contribution < 1.29 is 4.79 Å². The highest BCUT2D eigenvalue weighted by atomic mass is 32.1. The molecule has 0 radical (unpaired) electrons. The largest absolute Gasteiger partial charge is 0.320 e. The average molecular weight is 242 g/mol. The second kappa shape index (κ2) is 5.91. The Bertz CT molecular complexity index is 346. The Morgan fingerprint density at radius 1 is 1.44 bits per heavy atom. The van der Waals surface area contributed by atoms with Gasteiger partial charge in [-0.3, -0.25) is 10.1 Å². The summed E-state index contributed by atoms with van der Waals surface area (Å²) in [6.45, 7) is 5.88. The summed E-state index contributed by atoms with van der Waals surface area (Å²) >= 11 is 1.43. The molecule has 1 aromatic heterocycles. The van der Waals surface area contributed by atoms with Crippen LogP contribution < -0.4 is 11.1 Å². The Hall–Kier alpha value is -1.01. The molecule has 0 bridgehead atoms. The predicted octanol–water partition coefficient (Wildman–Crippen LogP) is 1.73. The van der Waals surface area contributed by atoms with E-state index in [0.717, 1.165) is 17.8 Å². The highest BCUT2D eigenvalue weighted by Gasteiger charge is 2.15. The van der Waals surface area contributed by atoms with Gasteiger partial charge in [-0.2, -0.15) is 0 Å². The number of hydrogen-bond acceptors (Lipinski definition) is 5. The lowest BCUT2D eigenvalue weighted by Gasteiger charge is -2.06. The van der Waals surface area contributed by atoms with E-state index in [-0.39, 0.29) is 5.91 Å². The van der Waals surface area contributed by atoms with Crippen molar-refractivity contribution in [3.8, 4) is 0 Å². The van der Waals surface area contributed by atoms with Crippen molar-refractivity contribution >= 4 is 22.4 Å². The van der Waals surface area contributed by atoms with E-state index in [9.17, 15) is 4.79 Å². The number of nitrogens with one attached hydrogen (secondary N) is 1. The molecule has 1 heterocycles. The fourth-order valence-electron chi connectivity index (χ4n) is 1.31. The van der Waals surface area contributed by atoms with Gasteiger partial charge in [-0.15, -0.1) is 10.2 Å². The van der Waals surface area contributed by atoms with Gasteiger partial charge in [0.2, 0.25) is 11.0 Å². The molecular formula is C10H18N4OS. The van der Waals surface area contributed by atoms with Crippen molar-refractivity contribution in [3.05, 3.63) is 5.01 Å². The van der Waals surface area contributed by atoms with E-state index in [0.29, 0.717) is 11.0 Å². The molecule has 1 unspecified atom stereocenters. The molecule has 0 spiro atoms. The van der Waals surface area contributed by atoms with Crippen LogP contribution in [0.4, 0.5) is 5.13 Å². The van der Waals surface area contributed by atoms with Gasteiger partial charge in [0, 0.05) is 5.92 Å². The van der Waals surface area contributed by atoms with Crippen molar-refractivity contribution in [3.63, 3.8) is 0 Å². The first-order valence-corrected chi connectivity index (χ1v) is 6.29. The maximum Gasteiger partial charge on any atom is 0.242 e. The van der Waals surface area contributed by atoms with Gasteiger partial charge in [-0.1, -0.05) is 25.2 Å². The average Bonchev–Trinajstić information content (AvgIpc) is 2.68. The van der Waals surface area contributed by atoms with Crippen LogP contribution in [0.1, 0.15) is 44.5 Å². The van der Waals surface area contributed by atoms with Crippen LogP contribution in [0, 0.1) is 0 Å². The molecule has 6 heteroatoms. The molecule has 16 heavy (non-hydrogen) atoms. The molecule has 0 saturated heterocycles. The van der Waals surface area contributed by atoms with Gasteiger partial charge in [0.05, 0.1) is 6.04 Å². The van der Waals surface area contributed by atoms with E-state index in [1.165, 1.54) is 11.3 Å². The molecule has 1 aromatic rings. The van der Waals surface area contributed by atoms with Crippen LogP contribution in [0.2, 0.25) is 0 Å². The van der Waals surface area contributed by atoms with Crippen molar-refractivity contribution in [2.75, 3.05) is 5.32 Å². The molecule has 90 valence electrons. The van der Waals surface area contributed by atoms with Crippen LogP contribution in [-0.2, 0) is 4.79 Å². The van der Waals surface area contributed by atoms with Crippen molar-refractivity contribution in [2.45, 2.75) is 45.6 Å². The van der Waals surface area contributed by atoms with Crippen LogP contribution in [0.3, 0.4) is 0 Å². The fraction of sp³-hybridized carbons (Fsp3) is 0.700. The quantitative estimate of drug-likeness (QED) is 0.824. The summed E-state index contributed by atoms with van der Waals surface area (Å²) in [5.74, 6) is 0.200. The summed E-state index contributed by atoms with van der Waals surface area (Å²) in [6, 6.07) is -0.527. The summed E-state index contributed by atoms with van der Waals surface area (Å²) in [4.78, 5) is 11.3. The maximum atomic E-state index is 11.3. The van der Waals surface area contributed by atoms with Crippen molar-refractivity contribution in [2.24, 2.45) is 5.73 Å². The number of aromatic nitrogens is 2. The third kappa shape index (κ3) is 3.24. The molecule has 0 aliphatic rings. The number of nitrogens with zero attached hydrogens (tertiary/aromatic N) is 2. The summed E-state index contributed by atoms with van der Waals surface area (Å²) in [5, 5.41) is 12.2. The van der Waals surface area contributed by atoms with Gasteiger partial charge in [0.25, 0.3) is 0 Å². The van der Waals surface area contributed by atoms with Gasteiger partial charge < -0.3 is 5.73 Å². The molecule has 0 aromatic carbocycles. The summed E-state index contributed by atoms with van der Waals surface area (Å²) < 4.78 is 0. The lowest BCUT2D eigenvalue weighted by atomic mass is 10.1. The first kappa shape index (κ1) is 13.1. The number of anilines is 1.